The lowest BCUT2D eigenvalue weighted by molar-refractivity contribution is -0.105. The van der Waals surface area contributed by atoms with E-state index in [4.69, 9.17) is 25.9 Å². The van der Waals surface area contributed by atoms with E-state index in [9.17, 15) is 4.79 Å². The first-order valence-electron chi connectivity index (χ1n) is 8.38. The highest BCUT2D eigenvalue weighted by atomic mass is 35.5. The van der Waals surface area contributed by atoms with Crippen molar-refractivity contribution >= 4 is 17.7 Å². The van der Waals surface area contributed by atoms with Gasteiger partial charge in [-0.25, -0.2) is 4.79 Å². The monoisotopic (exact) mass is 377 g/mol. The van der Waals surface area contributed by atoms with E-state index in [2.05, 4.69) is 10.2 Å². The van der Waals surface area contributed by atoms with Crippen LogP contribution in [0.2, 0.25) is 5.15 Å². The van der Waals surface area contributed by atoms with E-state index in [1.807, 2.05) is 25.1 Å². The number of aromatic nitrogens is 2. The molecule has 1 aromatic heterocycles. The maximum Gasteiger partial charge on any atom is 0.439 e. The lowest BCUT2D eigenvalue weighted by atomic mass is 10.1. The molecule has 1 aliphatic carbocycles. The fraction of sp³-hybridized carbons (Fsp3) is 0.389. The Kier molecular flexibility index (Phi) is 5.58. The van der Waals surface area contributed by atoms with Crippen LogP contribution in [0.3, 0.4) is 0 Å². The molecule has 1 saturated carbocycles. The van der Waals surface area contributed by atoms with Gasteiger partial charge in [0.1, 0.15) is 5.75 Å². The minimum Gasteiger partial charge on any atom is -0.434 e. The summed E-state index contributed by atoms with van der Waals surface area (Å²) in [5.74, 6) is 1.35. The summed E-state index contributed by atoms with van der Waals surface area (Å²) in [5, 5.41) is 8.83. The van der Waals surface area contributed by atoms with Gasteiger partial charge in [0.15, 0.2) is 10.9 Å². The fourth-order valence-corrected chi connectivity index (χ4v) is 2.65. The fourth-order valence-electron chi connectivity index (χ4n) is 2.52. The number of aryl methyl sites for hydroxylation is 1. The Balaban J connectivity index is 1.88. The number of amides is 1. The average molecular weight is 378 g/mol. The van der Waals surface area contributed by atoms with Crippen LogP contribution in [0, 0.1) is 6.92 Å². The Morgan fingerprint density at radius 1 is 1.35 bits per heavy atom. The van der Waals surface area contributed by atoms with Crippen molar-refractivity contribution in [2.75, 3.05) is 13.7 Å². The Labute approximate surface area is 156 Å². The molecule has 2 aromatic rings. The van der Waals surface area contributed by atoms with Gasteiger partial charge in [0, 0.05) is 13.1 Å². The van der Waals surface area contributed by atoms with E-state index in [0.717, 1.165) is 29.0 Å². The predicted octanol–water partition coefficient (Wildman–Crippen LogP) is 4.49. The van der Waals surface area contributed by atoms with Gasteiger partial charge in [-0.15, -0.1) is 10.2 Å². The first-order chi connectivity index (χ1) is 12.5. The van der Waals surface area contributed by atoms with E-state index in [0.29, 0.717) is 18.3 Å². The van der Waals surface area contributed by atoms with Crippen molar-refractivity contribution in [2.24, 2.45) is 0 Å². The number of hydrogen-bond acceptors (Lipinski definition) is 6. The number of carbonyl (C=O) groups excluding carboxylic acids is 1. The minimum absolute atomic E-state index is 0.0730. The normalized spacial score (nSPS) is 13.4. The van der Waals surface area contributed by atoms with Gasteiger partial charge < -0.3 is 9.47 Å². The van der Waals surface area contributed by atoms with Crippen molar-refractivity contribution in [1.29, 1.82) is 0 Å². The van der Waals surface area contributed by atoms with Crippen molar-refractivity contribution in [3.63, 3.8) is 0 Å². The highest BCUT2D eigenvalue weighted by molar-refractivity contribution is 6.29. The number of nitrogens with zero attached hydrogens (tertiary/aromatic N) is 3. The zero-order chi connectivity index (χ0) is 18.7. The number of hydroxylamine groups is 2. The van der Waals surface area contributed by atoms with Crippen LogP contribution in [0.1, 0.15) is 36.8 Å². The van der Waals surface area contributed by atoms with Crippen LogP contribution in [0.25, 0.3) is 0 Å². The summed E-state index contributed by atoms with van der Waals surface area (Å²) < 4.78 is 11.3. The molecule has 0 N–H and O–H groups in total. The first kappa shape index (κ1) is 18.4. The number of para-hydroxylation sites is 1. The highest BCUT2D eigenvalue weighted by Crippen LogP contribution is 2.46. The van der Waals surface area contributed by atoms with Crippen LogP contribution in [-0.2, 0) is 4.84 Å². The van der Waals surface area contributed by atoms with Gasteiger partial charge >= 0.3 is 6.09 Å². The Morgan fingerprint density at radius 2 is 2.12 bits per heavy atom. The average Bonchev–Trinajstić information content (AvgIpc) is 3.43. The molecule has 1 amide bonds. The molecule has 0 unspecified atom stereocenters. The van der Waals surface area contributed by atoms with Gasteiger partial charge in [0.2, 0.25) is 0 Å². The van der Waals surface area contributed by atoms with Crippen LogP contribution in [0.15, 0.2) is 24.3 Å². The van der Waals surface area contributed by atoms with Crippen molar-refractivity contribution < 1.29 is 19.1 Å². The number of hydrogen-bond donors (Lipinski definition) is 0. The minimum atomic E-state index is -0.715. The molecule has 0 atom stereocenters. The van der Waals surface area contributed by atoms with E-state index >= 15 is 0 Å². The largest absolute Gasteiger partial charge is 0.439 e. The third-order valence-corrected chi connectivity index (χ3v) is 4.12. The maximum absolute atomic E-state index is 12.1. The van der Waals surface area contributed by atoms with Crippen molar-refractivity contribution in [2.45, 2.75) is 32.6 Å². The Hall–Kier alpha value is -2.38. The molecule has 1 aliphatic rings. The Morgan fingerprint density at radius 3 is 2.81 bits per heavy atom. The third-order valence-electron chi connectivity index (χ3n) is 3.93. The molecule has 0 saturated heterocycles. The zero-order valence-electron chi connectivity index (χ0n) is 14.9. The summed E-state index contributed by atoms with van der Waals surface area (Å²) >= 11 is 5.90. The number of benzene rings is 1. The second-order valence-corrected chi connectivity index (χ2v) is 6.38. The van der Waals surface area contributed by atoms with Gasteiger partial charge in [-0.1, -0.05) is 29.8 Å². The maximum atomic E-state index is 12.1. The number of ether oxygens (including phenoxy) is 2. The molecule has 1 aromatic carbocycles. The lowest BCUT2D eigenvalue weighted by Gasteiger charge is -2.17. The van der Waals surface area contributed by atoms with Gasteiger partial charge in [0.05, 0.1) is 6.61 Å². The summed E-state index contributed by atoms with van der Waals surface area (Å²) in [5.41, 5.74) is 2.08. The quantitative estimate of drug-likeness (QED) is 0.690. The van der Waals surface area contributed by atoms with Crippen LogP contribution < -0.4 is 9.47 Å². The van der Waals surface area contributed by atoms with E-state index < -0.39 is 6.09 Å². The molecular formula is C18H20ClN3O4. The molecule has 8 heteroatoms. The van der Waals surface area contributed by atoms with E-state index in [1.165, 1.54) is 13.1 Å². The lowest BCUT2D eigenvalue weighted by Crippen LogP contribution is -2.30. The first-order valence-corrected chi connectivity index (χ1v) is 8.76. The Bertz CT molecular complexity index is 811. The number of halogens is 1. The van der Waals surface area contributed by atoms with E-state index in [1.54, 1.807) is 6.92 Å². The summed E-state index contributed by atoms with van der Waals surface area (Å²) in [6, 6.07) is 7.38. The molecule has 1 fully saturated rings. The van der Waals surface area contributed by atoms with Crippen LogP contribution >= 0.6 is 11.6 Å². The van der Waals surface area contributed by atoms with Crippen LogP contribution in [-0.4, -0.2) is 35.0 Å². The second-order valence-electron chi connectivity index (χ2n) is 5.99. The molecule has 0 spiro atoms. The SMILES string of the molecule is CCON(C)C(=O)Oc1cc(Cl)nnc1Oc1c(C)cccc1C1CC1. The molecule has 0 aliphatic heterocycles. The second kappa shape index (κ2) is 7.88. The topological polar surface area (TPSA) is 73.8 Å². The zero-order valence-corrected chi connectivity index (χ0v) is 15.6. The van der Waals surface area contributed by atoms with Gasteiger partial charge in [-0.3, -0.25) is 4.84 Å². The van der Waals surface area contributed by atoms with Crippen molar-refractivity contribution in [1.82, 2.24) is 15.3 Å². The van der Waals surface area contributed by atoms with Crippen LogP contribution in [0.4, 0.5) is 4.79 Å². The van der Waals surface area contributed by atoms with E-state index in [-0.39, 0.29) is 16.8 Å². The van der Waals surface area contributed by atoms with Crippen molar-refractivity contribution in [3.8, 4) is 17.4 Å². The predicted molar refractivity (Wildman–Crippen MR) is 95.7 cm³/mol. The molecule has 26 heavy (non-hydrogen) atoms. The van der Waals surface area contributed by atoms with Gasteiger partial charge in [0.25, 0.3) is 5.88 Å². The molecular weight excluding hydrogens is 358 g/mol. The summed E-state index contributed by atoms with van der Waals surface area (Å²) in [4.78, 5) is 17.2. The molecule has 3 rings (SSSR count). The summed E-state index contributed by atoms with van der Waals surface area (Å²) in [6.07, 6.45) is 1.55. The van der Waals surface area contributed by atoms with Crippen molar-refractivity contribution in [3.05, 3.63) is 40.5 Å². The third kappa shape index (κ3) is 4.23. The highest BCUT2D eigenvalue weighted by Gasteiger charge is 2.28. The number of carbonyl (C=O) groups is 1. The molecule has 7 nitrogen and oxygen atoms in total. The van der Waals surface area contributed by atoms with Gasteiger partial charge in [-0.05, 0) is 43.7 Å². The molecule has 1 heterocycles. The molecule has 0 bridgehead atoms. The number of rotatable bonds is 6. The summed E-state index contributed by atoms with van der Waals surface area (Å²) in [6.45, 7) is 4.05. The summed E-state index contributed by atoms with van der Waals surface area (Å²) in [7, 11) is 1.45. The molecule has 138 valence electrons. The standard InChI is InChI=1S/C18H20ClN3O4/c1-4-24-22(3)18(23)25-14-10-15(19)20-21-17(14)26-16-11(2)6-5-7-13(16)12-8-9-12/h5-7,10,12H,4,8-9H2,1-3H3. The van der Waals surface area contributed by atoms with Crippen LogP contribution in [0.5, 0.6) is 17.4 Å². The smallest absolute Gasteiger partial charge is 0.434 e. The van der Waals surface area contributed by atoms with Gasteiger partial charge in [-0.2, -0.15) is 5.06 Å². The molecule has 0 radical (unpaired) electrons.